The summed E-state index contributed by atoms with van der Waals surface area (Å²) in [7, 11) is 0. The minimum absolute atomic E-state index is 0.0601. The summed E-state index contributed by atoms with van der Waals surface area (Å²) in [6.45, 7) is 6.56. The lowest BCUT2D eigenvalue weighted by atomic mass is 10.0. The second-order valence-electron chi connectivity index (χ2n) is 6.71. The van der Waals surface area contributed by atoms with E-state index < -0.39 is 6.10 Å². The molecule has 0 spiro atoms. The van der Waals surface area contributed by atoms with E-state index in [9.17, 15) is 9.59 Å². The normalized spacial score (nSPS) is 16.6. The maximum absolute atomic E-state index is 13.1. The van der Waals surface area contributed by atoms with E-state index in [1.807, 2.05) is 37.3 Å². The molecule has 1 unspecified atom stereocenters. The number of Topliss-reactive ketones (excluding diaryl/α,β-unsaturated/α-hetero) is 1. The number of benzene rings is 2. The first-order valence-corrected chi connectivity index (χ1v) is 8.71. The maximum atomic E-state index is 13.1. The van der Waals surface area contributed by atoms with Gasteiger partial charge in [0.2, 0.25) is 6.10 Å². The van der Waals surface area contributed by atoms with E-state index in [4.69, 9.17) is 4.74 Å². The van der Waals surface area contributed by atoms with Gasteiger partial charge in [0.25, 0.3) is 5.91 Å². The summed E-state index contributed by atoms with van der Waals surface area (Å²) in [5, 5.41) is 0. The van der Waals surface area contributed by atoms with Crippen molar-refractivity contribution in [2.45, 2.75) is 33.3 Å². The van der Waals surface area contributed by atoms with Crippen LogP contribution in [0.5, 0.6) is 5.75 Å². The van der Waals surface area contributed by atoms with Crippen molar-refractivity contribution >= 4 is 17.4 Å². The van der Waals surface area contributed by atoms with Crippen molar-refractivity contribution in [3.8, 4) is 5.75 Å². The predicted molar refractivity (Wildman–Crippen MR) is 98.1 cm³/mol. The fourth-order valence-corrected chi connectivity index (χ4v) is 3.04. The van der Waals surface area contributed by atoms with Crippen LogP contribution in [0.2, 0.25) is 0 Å². The fraction of sp³-hybridized carbons (Fsp3) is 0.333. The molecule has 0 aromatic heterocycles. The largest absolute Gasteiger partial charge is 0.474 e. The molecule has 1 aliphatic rings. The lowest BCUT2D eigenvalue weighted by Gasteiger charge is -2.35. The molecule has 4 heteroatoms. The van der Waals surface area contributed by atoms with Crippen molar-refractivity contribution in [2.75, 3.05) is 11.4 Å². The minimum atomic E-state index is -0.653. The molecule has 2 aromatic rings. The van der Waals surface area contributed by atoms with Gasteiger partial charge in [0.05, 0.1) is 5.69 Å². The van der Waals surface area contributed by atoms with Crippen LogP contribution in [-0.4, -0.2) is 18.2 Å². The molecule has 0 bridgehead atoms. The Labute approximate surface area is 148 Å². The number of ether oxygens (including phenoxy) is 1. The van der Waals surface area contributed by atoms with Crippen LogP contribution in [0.25, 0.3) is 0 Å². The third kappa shape index (κ3) is 3.43. The standard InChI is InChI=1S/C21H23NO3/c1-4-18(23)16-10-11-19-17(12-16)22(13-14(2)3)21(24)20(25-19)15-8-6-5-7-9-15/h5-12,14,20H,4,13H2,1-3H3. The molecule has 4 nitrogen and oxygen atoms in total. The van der Waals surface area contributed by atoms with Gasteiger partial charge in [0.1, 0.15) is 5.75 Å². The van der Waals surface area contributed by atoms with Gasteiger partial charge in [-0.1, -0.05) is 51.1 Å². The number of anilines is 1. The van der Waals surface area contributed by atoms with Crippen molar-refractivity contribution in [1.29, 1.82) is 0 Å². The average molecular weight is 337 g/mol. The summed E-state index contributed by atoms with van der Waals surface area (Å²) in [6.07, 6.45) is -0.218. The molecule has 1 aliphatic heterocycles. The van der Waals surface area contributed by atoms with E-state index >= 15 is 0 Å². The number of carbonyl (C=O) groups is 2. The number of rotatable bonds is 5. The van der Waals surface area contributed by atoms with E-state index in [0.717, 1.165) is 5.56 Å². The fourth-order valence-electron chi connectivity index (χ4n) is 3.04. The molecule has 1 amide bonds. The summed E-state index contributed by atoms with van der Waals surface area (Å²) >= 11 is 0. The number of carbonyl (C=O) groups excluding carboxylic acids is 2. The zero-order chi connectivity index (χ0) is 18.0. The first-order valence-electron chi connectivity index (χ1n) is 8.71. The van der Waals surface area contributed by atoms with Gasteiger partial charge >= 0.3 is 0 Å². The Morgan fingerprint density at radius 2 is 1.88 bits per heavy atom. The Morgan fingerprint density at radius 3 is 2.52 bits per heavy atom. The number of hydrogen-bond acceptors (Lipinski definition) is 3. The number of fused-ring (bicyclic) bond motifs is 1. The molecule has 25 heavy (non-hydrogen) atoms. The van der Waals surface area contributed by atoms with Crippen LogP contribution < -0.4 is 9.64 Å². The monoisotopic (exact) mass is 337 g/mol. The first-order chi connectivity index (χ1) is 12.0. The van der Waals surface area contributed by atoms with Crippen LogP contribution in [0.3, 0.4) is 0 Å². The highest BCUT2D eigenvalue weighted by Gasteiger charge is 2.36. The van der Waals surface area contributed by atoms with Gasteiger partial charge in [-0.3, -0.25) is 9.59 Å². The molecule has 2 aromatic carbocycles. The van der Waals surface area contributed by atoms with Gasteiger partial charge < -0.3 is 9.64 Å². The van der Waals surface area contributed by atoms with Gasteiger partial charge in [0, 0.05) is 24.1 Å². The van der Waals surface area contributed by atoms with Gasteiger partial charge in [-0.05, 0) is 24.1 Å². The molecule has 0 N–H and O–H groups in total. The molecular formula is C21H23NO3. The van der Waals surface area contributed by atoms with E-state index in [0.29, 0.717) is 35.9 Å². The van der Waals surface area contributed by atoms with Gasteiger partial charge in [-0.2, -0.15) is 0 Å². The van der Waals surface area contributed by atoms with Crippen LogP contribution in [0.15, 0.2) is 48.5 Å². The molecule has 1 heterocycles. The molecule has 3 rings (SSSR count). The van der Waals surface area contributed by atoms with Crippen molar-refractivity contribution in [2.24, 2.45) is 5.92 Å². The quantitative estimate of drug-likeness (QED) is 0.760. The van der Waals surface area contributed by atoms with Gasteiger partial charge in [-0.25, -0.2) is 0 Å². The predicted octanol–water partition coefficient (Wildman–Crippen LogP) is 4.40. The van der Waals surface area contributed by atoms with E-state index in [1.165, 1.54) is 0 Å². The molecule has 0 radical (unpaired) electrons. The highest BCUT2D eigenvalue weighted by molar-refractivity contribution is 6.03. The topological polar surface area (TPSA) is 46.6 Å². The van der Waals surface area contributed by atoms with Gasteiger partial charge in [0.15, 0.2) is 5.78 Å². The van der Waals surface area contributed by atoms with Gasteiger partial charge in [-0.15, -0.1) is 0 Å². The third-order valence-electron chi connectivity index (χ3n) is 4.28. The Kier molecular flexibility index (Phi) is 4.88. The Hall–Kier alpha value is -2.62. The summed E-state index contributed by atoms with van der Waals surface area (Å²) < 4.78 is 6.01. The highest BCUT2D eigenvalue weighted by atomic mass is 16.5. The molecule has 0 saturated heterocycles. The molecular weight excluding hydrogens is 314 g/mol. The van der Waals surface area contributed by atoms with Crippen molar-refractivity contribution < 1.29 is 14.3 Å². The summed E-state index contributed by atoms with van der Waals surface area (Å²) in [5.41, 5.74) is 2.13. The number of amides is 1. The first kappa shape index (κ1) is 17.2. The maximum Gasteiger partial charge on any atom is 0.272 e. The molecule has 130 valence electrons. The molecule has 1 atom stereocenters. The van der Waals surface area contributed by atoms with Crippen molar-refractivity contribution in [3.05, 3.63) is 59.7 Å². The Balaban J connectivity index is 2.05. The SMILES string of the molecule is CCC(=O)c1ccc2c(c1)N(CC(C)C)C(=O)C(c1ccccc1)O2. The van der Waals surface area contributed by atoms with Crippen molar-refractivity contribution in [1.82, 2.24) is 0 Å². The Bertz CT molecular complexity index is 783. The second kappa shape index (κ2) is 7.09. The van der Waals surface area contributed by atoms with Crippen LogP contribution in [0, 0.1) is 5.92 Å². The number of ketones is 1. The van der Waals surface area contributed by atoms with E-state index in [2.05, 4.69) is 13.8 Å². The van der Waals surface area contributed by atoms with Crippen LogP contribution in [-0.2, 0) is 4.79 Å². The molecule has 0 saturated carbocycles. The second-order valence-corrected chi connectivity index (χ2v) is 6.71. The van der Waals surface area contributed by atoms with Crippen LogP contribution in [0.4, 0.5) is 5.69 Å². The van der Waals surface area contributed by atoms with Crippen molar-refractivity contribution in [3.63, 3.8) is 0 Å². The zero-order valence-corrected chi connectivity index (χ0v) is 14.9. The van der Waals surface area contributed by atoms with E-state index in [1.54, 1.807) is 23.1 Å². The highest BCUT2D eigenvalue weighted by Crippen LogP contribution is 2.40. The van der Waals surface area contributed by atoms with Crippen LogP contribution >= 0.6 is 0 Å². The zero-order valence-electron chi connectivity index (χ0n) is 14.9. The van der Waals surface area contributed by atoms with Crippen LogP contribution in [0.1, 0.15) is 49.2 Å². The molecule has 0 fully saturated rings. The lowest BCUT2D eigenvalue weighted by molar-refractivity contribution is -0.126. The summed E-state index contributed by atoms with van der Waals surface area (Å²) in [4.78, 5) is 26.9. The third-order valence-corrected chi connectivity index (χ3v) is 4.28. The minimum Gasteiger partial charge on any atom is -0.474 e. The van der Waals surface area contributed by atoms with E-state index in [-0.39, 0.29) is 11.7 Å². The number of hydrogen-bond donors (Lipinski definition) is 0. The Morgan fingerprint density at radius 1 is 1.16 bits per heavy atom. The number of nitrogens with zero attached hydrogens (tertiary/aromatic N) is 1. The average Bonchev–Trinajstić information content (AvgIpc) is 2.63. The lowest BCUT2D eigenvalue weighted by Crippen LogP contribution is -2.43. The summed E-state index contributed by atoms with van der Waals surface area (Å²) in [5.74, 6) is 0.914. The molecule has 0 aliphatic carbocycles. The smallest absolute Gasteiger partial charge is 0.272 e. The summed E-state index contributed by atoms with van der Waals surface area (Å²) in [6, 6.07) is 14.9.